The van der Waals surface area contributed by atoms with Crippen LogP contribution in [0.3, 0.4) is 0 Å². The quantitative estimate of drug-likeness (QED) is 0.719. The lowest BCUT2D eigenvalue weighted by Crippen LogP contribution is -2.31. The molecule has 152 valence electrons. The Morgan fingerprint density at radius 2 is 2.10 bits per heavy atom. The Balaban J connectivity index is 1.94. The summed E-state index contributed by atoms with van der Waals surface area (Å²) in [6, 6.07) is 5.48. The molecular formula is C20H23N5O4. The summed E-state index contributed by atoms with van der Waals surface area (Å²) >= 11 is 0. The molecule has 0 spiro atoms. The second-order valence-electron chi connectivity index (χ2n) is 7.31. The van der Waals surface area contributed by atoms with Gasteiger partial charge in [0.2, 0.25) is 5.91 Å². The number of pyridine rings is 2. The van der Waals surface area contributed by atoms with Crippen molar-refractivity contribution in [3.63, 3.8) is 0 Å². The molecule has 1 amide bonds. The second kappa shape index (κ2) is 7.09. The van der Waals surface area contributed by atoms with Crippen molar-refractivity contribution in [1.29, 1.82) is 0 Å². The molecule has 0 radical (unpaired) electrons. The smallest absolute Gasteiger partial charge is 0.334 e. The molecule has 9 heteroatoms. The van der Waals surface area contributed by atoms with Crippen LogP contribution >= 0.6 is 0 Å². The minimum atomic E-state index is -0.627. The summed E-state index contributed by atoms with van der Waals surface area (Å²) in [5.74, 6) is 0.620. The topological polar surface area (TPSA) is 100 Å². The number of fused-ring (bicyclic) bond motifs is 1. The molecular weight excluding hydrogens is 374 g/mol. The van der Waals surface area contributed by atoms with Gasteiger partial charge in [-0.2, -0.15) is 0 Å². The van der Waals surface area contributed by atoms with E-state index in [1.807, 2.05) is 19.1 Å². The van der Waals surface area contributed by atoms with E-state index < -0.39 is 5.60 Å². The molecule has 1 atom stereocenters. The molecule has 1 N–H and O–H groups in total. The Morgan fingerprint density at radius 1 is 1.31 bits per heavy atom. The number of methoxy groups -OCH3 is 1. The highest BCUT2D eigenvalue weighted by molar-refractivity contribution is 5.90. The van der Waals surface area contributed by atoms with Crippen molar-refractivity contribution >= 4 is 22.8 Å². The molecule has 0 bridgehead atoms. The highest BCUT2D eigenvalue weighted by atomic mass is 16.5. The summed E-state index contributed by atoms with van der Waals surface area (Å²) in [6.07, 6.45) is 2.26. The van der Waals surface area contributed by atoms with Gasteiger partial charge in [0.15, 0.2) is 0 Å². The van der Waals surface area contributed by atoms with Crippen LogP contribution in [0.4, 0.5) is 5.82 Å². The number of anilines is 1. The average molecular weight is 397 g/mol. The number of nitrogens with one attached hydrogen (secondary N) is 1. The minimum Gasteiger partial charge on any atom is -0.378 e. The first-order valence-corrected chi connectivity index (χ1v) is 9.32. The van der Waals surface area contributed by atoms with Gasteiger partial charge in [-0.1, -0.05) is 0 Å². The van der Waals surface area contributed by atoms with E-state index in [-0.39, 0.29) is 11.6 Å². The molecule has 1 aliphatic rings. The number of carbonyl (C=O) groups is 1. The van der Waals surface area contributed by atoms with Crippen molar-refractivity contribution in [1.82, 2.24) is 19.1 Å². The third-order valence-corrected chi connectivity index (χ3v) is 5.27. The summed E-state index contributed by atoms with van der Waals surface area (Å²) in [5, 5.41) is 2.66. The van der Waals surface area contributed by atoms with Crippen molar-refractivity contribution in [3.05, 3.63) is 46.1 Å². The zero-order valence-corrected chi connectivity index (χ0v) is 16.9. The first-order chi connectivity index (χ1) is 13.8. The fraction of sp³-hybridized carbons (Fsp3) is 0.400. The average Bonchev–Trinajstić information content (AvgIpc) is 3.25. The Morgan fingerprint density at radius 3 is 2.76 bits per heavy atom. The van der Waals surface area contributed by atoms with Gasteiger partial charge in [-0.3, -0.25) is 9.36 Å². The number of nitrogens with zero attached hydrogens (tertiary/aromatic N) is 4. The zero-order valence-electron chi connectivity index (χ0n) is 16.9. The number of imidazole rings is 1. The largest absolute Gasteiger partial charge is 0.378 e. The molecule has 3 aromatic rings. The highest BCUT2D eigenvalue weighted by Gasteiger charge is 2.38. The fourth-order valence-corrected chi connectivity index (χ4v) is 3.71. The Hall–Kier alpha value is -3.04. The molecule has 29 heavy (non-hydrogen) atoms. The standard InChI is InChI=1S/C20H23N5O4/c1-12-7-16(20(28-4)5-6-29-11-20)23-18(8-12)25-14-9-17(22-13(2)26)21-10-15(14)24(3)19(25)27/h7-10H,5-6,11H2,1-4H3,(H,21,22,26). The van der Waals surface area contributed by atoms with Crippen LogP contribution in [0.5, 0.6) is 0 Å². The molecule has 3 aromatic heterocycles. The fourth-order valence-electron chi connectivity index (χ4n) is 3.71. The first kappa shape index (κ1) is 19.3. The Labute approximate surface area is 167 Å². The van der Waals surface area contributed by atoms with Gasteiger partial charge < -0.3 is 14.8 Å². The van der Waals surface area contributed by atoms with E-state index >= 15 is 0 Å². The predicted molar refractivity (Wildman–Crippen MR) is 107 cm³/mol. The number of hydrogen-bond donors (Lipinski definition) is 1. The Kier molecular flexibility index (Phi) is 4.71. The van der Waals surface area contributed by atoms with Crippen LogP contribution in [0.2, 0.25) is 0 Å². The maximum Gasteiger partial charge on any atom is 0.334 e. The van der Waals surface area contributed by atoms with Gasteiger partial charge in [-0.15, -0.1) is 0 Å². The molecule has 4 heterocycles. The molecule has 0 saturated carbocycles. The van der Waals surface area contributed by atoms with Gasteiger partial charge >= 0.3 is 5.69 Å². The van der Waals surface area contributed by atoms with Crippen molar-refractivity contribution in [2.75, 3.05) is 25.6 Å². The number of amides is 1. The molecule has 9 nitrogen and oxygen atoms in total. The van der Waals surface area contributed by atoms with Crippen LogP contribution in [0, 0.1) is 6.92 Å². The summed E-state index contributed by atoms with van der Waals surface area (Å²) in [6.45, 7) is 4.37. The molecule has 1 unspecified atom stereocenters. The van der Waals surface area contributed by atoms with Crippen LogP contribution in [0.25, 0.3) is 16.9 Å². The zero-order chi connectivity index (χ0) is 20.8. The molecule has 1 aliphatic heterocycles. The van der Waals surface area contributed by atoms with E-state index in [1.165, 1.54) is 16.1 Å². The lowest BCUT2D eigenvalue weighted by atomic mass is 9.97. The molecule has 0 aromatic carbocycles. The monoisotopic (exact) mass is 397 g/mol. The van der Waals surface area contributed by atoms with E-state index in [2.05, 4.69) is 10.3 Å². The third kappa shape index (κ3) is 3.22. The lowest BCUT2D eigenvalue weighted by Gasteiger charge is -2.26. The van der Waals surface area contributed by atoms with Crippen LogP contribution in [-0.4, -0.2) is 45.3 Å². The van der Waals surface area contributed by atoms with E-state index in [1.54, 1.807) is 26.4 Å². The number of aryl methyl sites for hydroxylation is 2. The molecule has 0 aliphatic carbocycles. The van der Waals surface area contributed by atoms with E-state index in [4.69, 9.17) is 14.5 Å². The van der Waals surface area contributed by atoms with Crippen molar-refractivity contribution in [2.45, 2.75) is 25.9 Å². The van der Waals surface area contributed by atoms with Gasteiger partial charge in [-0.05, 0) is 24.6 Å². The number of aromatic nitrogens is 4. The predicted octanol–water partition coefficient (Wildman–Crippen LogP) is 1.65. The summed E-state index contributed by atoms with van der Waals surface area (Å²) in [4.78, 5) is 33.4. The Bertz CT molecular complexity index is 1160. The van der Waals surface area contributed by atoms with Gasteiger partial charge in [0.1, 0.15) is 17.2 Å². The summed E-state index contributed by atoms with van der Waals surface area (Å²) in [7, 11) is 3.33. The lowest BCUT2D eigenvalue weighted by molar-refractivity contribution is -0.114. The molecule has 4 rings (SSSR count). The highest BCUT2D eigenvalue weighted by Crippen LogP contribution is 2.34. The second-order valence-corrected chi connectivity index (χ2v) is 7.31. The SMILES string of the molecule is COC1(c2cc(C)cc(-n3c(=O)n(C)c4cnc(NC(C)=O)cc43)n2)CCOC1. The number of rotatable bonds is 4. The van der Waals surface area contributed by atoms with Crippen LogP contribution in [0.1, 0.15) is 24.6 Å². The van der Waals surface area contributed by atoms with Gasteiger partial charge in [0.05, 0.1) is 29.5 Å². The van der Waals surface area contributed by atoms with Crippen LogP contribution in [0.15, 0.2) is 29.2 Å². The van der Waals surface area contributed by atoms with E-state index in [0.717, 1.165) is 11.3 Å². The summed E-state index contributed by atoms with van der Waals surface area (Å²) in [5.41, 5.74) is 2.05. The van der Waals surface area contributed by atoms with Crippen molar-refractivity contribution < 1.29 is 14.3 Å². The first-order valence-electron chi connectivity index (χ1n) is 9.32. The minimum absolute atomic E-state index is 0.235. The van der Waals surface area contributed by atoms with Gasteiger partial charge in [-0.25, -0.2) is 19.3 Å². The van der Waals surface area contributed by atoms with Crippen molar-refractivity contribution in [2.24, 2.45) is 7.05 Å². The normalized spacial score (nSPS) is 19.0. The van der Waals surface area contributed by atoms with Gasteiger partial charge in [0.25, 0.3) is 0 Å². The number of ether oxygens (including phenoxy) is 2. The number of hydrogen-bond acceptors (Lipinski definition) is 6. The van der Waals surface area contributed by atoms with E-state index in [9.17, 15) is 9.59 Å². The maximum absolute atomic E-state index is 13.0. The number of carbonyl (C=O) groups excluding carboxylic acids is 1. The molecule has 1 saturated heterocycles. The van der Waals surface area contributed by atoms with Gasteiger partial charge in [0, 0.05) is 40.2 Å². The third-order valence-electron chi connectivity index (χ3n) is 5.27. The maximum atomic E-state index is 13.0. The van der Waals surface area contributed by atoms with Crippen LogP contribution < -0.4 is 11.0 Å². The van der Waals surface area contributed by atoms with E-state index in [0.29, 0.717) is 42.3 Å². The summed E-state index contributed by atoms with van der Waals surface area (Å²) < 4.78 is 14.4. The molecule has 1 fully saturated rings. The van der Waals surface area contributed by atoms with Crippen molar-refractivity contribution in [3.8, 4) is 5.82 Å². The van der Waals surface area contributed by atoms with Crippen LogP contribution in [-0.2, 0) is 26.9 Å².